The number of allylic oxidation sites excluding steroid dienone is 8. The predicted octanol–water partition coefficient (Wildman–Crippen LogP) is 15.0. The van der Waals surface area contributed by atoms with Crippen LogP contribution in [0.25, 0.3) is 0 Å². The molecule has 0 saturated carbocycles. The summed E-state index contributed by atoms with van der Waals surface area (Å²) in [6.45, 7) is 4.66. The smallest absolute Gasteiger partial charge is 0.306 e. The van der Waals surface area contributed by atoms with Crippen molar-refractivity contribution >= 4 is 17.9 Å². The molecule has 0 radical (unpaired) electrons. The molecule has 0 amide bonds. The fraction of sp³-hybridized carbons (Fsp3) is 0.814. The lowest BCUT2D eigenvalue weighted by atomic mass is 10.0. The lowest BCUT2D eigenvalue weighted by molar-refractivity contribution is -0.870. The van der Waals surface area contributed by atoms with Crippen LogP contribution >= 0.6 is 0 Å². The minimum absolute atomic E-state index is 0.146. The minimum Gasteiger partial charge on any atom is -0.545 e. The normalized spacial score (nSPS) is 13.1. The number of carbonyl (C=O) groups excluding carboxylic acids is 3. The van der Waals surface area contributed by atoms with Crippen LogP contribution in [0.2, 0.25) is 0 Å². The SMILES string of the molecule is CC/C=C\C/C=C\C/C=C\C/C=C\CCCCCCCCCCC(=O)OC(COC(=O)CCCCCCCCCCCCCCCCCCCCCCCC)COC(OCC[N+](C)(C)C)C(=O)[O-]. The topological polar surface area (TPSA) is 111 Å². The largest absolute Gasteiger partial charge is 0.545 e. The monoisotopic (exact) mass is 958 g/mol. The first-order valence-corrected chi connectivity index (χ1v) is 28.3. The van der Waals surface area contributed by atoms with Crippen molar-refractivity contribution in [3.8, 4) is 0 Å². The highest BCUT2D eigenvalue weighted by atomic mass is 16.7. The number of hydrogen-bond donors (Lipinski definition) is 0. The molecule has 0 saturated heterocycles. The highest BCUT2D eigenvalue weighted by Crippen LogP contribution is 2.17. The van der Waals surface area contributed by atoms with Crippen molar-refractivity contribution in [1.29, 1.82) is 0 Å². The number of ether oxygens (including phenoxy) is 4. The number of esters is 2. The van der Waals surface area contributed by atoms with E-state index in [1.54, 1.807) is 0 Å². The summed E-state index contributed by atoms with van der Waals surface area (Å²) in [6, 6.07) is 0. The van der Waals surface area contributed by atoms with Gasteiger partial charge >= 0.3 is 11.9 Å². The van der Waals surface area contributed by atoms with Crippen molar-refractivity contribution < 1.29 is 42.9 Å². The van der Waals surface area contributed by atoms with Crippen LogP contribution in [-0.2, 0) is 33.3 Å². The van der Waals surface area contributed by atoms with Gasteiger partial charge in [0.25, 0.3) is 0 Å². The van der Waals surface area contributed by atoms with Crippen LogP contribution in [0.4, 0.5) is 0 Å². The molecule has 396 valence electrons. The Morgan fingerprint density at radius 1 is 0.456 bits per heavy atom. The maximum absolute atomic E-state index is 12.8. The van der Waals surface area contributed by atoms with E-state index < -0.39 is 24.3 Å². The summed E-state index contributed by atoms with van der Waals surface area (Å²) in [7, 11) is 5.92. The Kier molecular flexibility index (Phi) is 48.6. The van der Waals surface area contributed by atoms with Crippen molar-refractivity contribution in [2.75, 3.05) is 47.5 Å². The zero-order chi connectivity index (χ0) is 49.9. The first-order chi connectivity index (χ1) is 33.1. The van der Waals surface area contributed by atoms with E-state index in [1.807, 2.05) is 21.1 Å². The Morgan fingerprint density at radius 3 is 1.25 bits per heavy atom. The second-order valence-corrected chi connectivity index (χ2v) is 20.2. The van der Waals surface area contributed by atoms with Crippen LogP contribution in [0.15, 0.2) is 48.6 Å². The van der Waals surface area contributed by atoms with Crippen molar-refractivity contribution in [1.82, 2.24) is 0 Å². The summed E-state index contributed by atoms with van der Waals surface area (Å²) in [6.07, 6.45) is 58.7. The quantitative estimate of drug-likeness (QED) is 0.0195. The highest BCUT2D eigenvalue weighted by Gasteiger charge is 2.22. The minimum atomic E-state index is -1.62. The van der Waals surface area contributed by atoms with Crippen molar-refractivity contribution in [3.05, 3.63) is 48.6 Å². The van der Waals surface area contributed by atoms with Gasteiger partial charge in [0.2, 0.25) is 0 Å². The highest BCUT2D eigenvalue weighted by molar-refractivity contribution is 5.70. The third kappa shape index (κ3) is 51.1. The molecule has 0 aliphatic rings. The Balaban J connectivity index is 4.26. The predicted molar refractivity (Wildman–Crippen MR) is 283 cm³/mol. The molecule has 68 heavy (non-hydrogen) atoms. The molecule has 0 aliphatic carbocycles. The zero-order valence-electron chi connectivity index (χ0n) is 45.0. The number of carbonyl (C=O) groups is 3. The van der Waals surface area contributed by atoms with Gasteiger partial charge in [-0.25, -0.2) is 0 Å². The van der Waals surface area contributed by atoms with Crippen LogP contribution < -0.4 is 5.11 Å². The molecule has 2 atom stereocenters. The van der Waals surface area contributed by atoms with Crippen molar-refractivity contribution in [2.45, 2.75) is 264 Å². The van der Waals surface area contributed by atoms with Crippen LogP contribution in [0.5, 0.6) is 0 Å². The molecule has 0 fully saturated rings. The first-order valence-electron chi connectivity index (χ1n) is 28.3. The van der Waals surface area contributed by atoms with E-state index in [9.17, 15) is 19.5 Å². The van der Waals surface area contributed by atoms with Gasteiger partial charge in [0.05, 0.1) is 40.3 Å². The van der Waals surface area contributed by atoms with E-state index in [0.717, 1.165) is 70.6 Å². The molecule has 0 bridgehead atoms. The number of unbranched alkanes of at least 4 members (excludes halogenated alkanes) is 29. The van der Waals surface area contributed by atoms with E-state index in [2.05, 4.69) is 62.5 Å². The third-order valence-corrected chi connectivity index (χ3v) is 12.3. The Morgan fingerprint density at radius 2 is 0.838 bits per heavy atom. The first kappa shape index (κ1) is 65.2. The number of aliphatic carboxylic acids is 1. The number of nitrogens with zero attached hydrogens (tertiary/aromatic N) is 1. The van der Waals surface area contributed by atoms with Crippen LogP contribution in [0.1, 0.15) is 251 Å². The fourth-order valence-corrected chi connectivity index (χ4v) is 8.00. The van der Waals surface area contributed by atoms with E-state index in [-0.39, 0.29) is 32.2 Å². The summed E-state index contributed by atoms with van der Waals surface area (Å²) in [5.74, 6) is -2.28. The van der Waals surface area contributed by atoms with E-state index in [1.165, 1.54) is 148 Å². The molecule has 0 heterocycles. The average Bonchev–Trinajstić information content (AvgIpc) is 3.30. The lowest BCUT2D eigenvalue weighted by Gasteiger charge is -2.26. The maximum Gasteiger partial charge on any atom is 0.306 e. The summed E-state index contributed by atoms with van der Waals surface area (Å²) in [4.78, 5) is 37.3. The molecule has 0 spiro atoms. The summed E-state index contributed by atoms with van der Waals surface area (Å²) >= 11 is 0. The molecule has 9 nitrogen and oxygen atoms in total. The van der Waals surface area contributed by atoms with Gasteiger partial charge in [-0.15, -0.1) is 0 Å². The van der Waals surface area contributed by atoms with E-state index in [4.69, 9.17) is 18.9 Å². The van der Waals surface area contributed by atoms with E-state index >= 15 is 0 Å². The average molecular weight is 959 g/mol. The Bertz CT molecular complexity index is 1250. The van der Waals surface area contributed by atoms with Gasteiger partial charge in [0.1, 0.15) is 13.2 Å². The molecule has 0 N–H and O–H groups in total. The molecule has 0 aromatic heterocycles. The number of rotatable bonds is 52. The van der Waals surface area contributed by atoms with Crippen LogP contribution in [0.3, 0.4) is 0 Å². The van der Waals surface area contributed by atoms with Gasteiger partial charge in [0.15, 0.2) is 12.4 Å². The summed E-state index contributed by atoms with van der Waals surface area (Å²) < 4.78 is 22.7. The maximum atomic E-state index is 12.8. The standard InChI is InChI=1S/C59H107NO8/c1-6-8-10-12-14-16-18-20-22-24-26-28-30-31-33-35-37-39-41-43-45-47-49-56(61)66-53-55(54-67-59(58(63)64)65-52-51-60(3,4)5)68-57(62)50-48-46-44-42-40-38-36-34-32-29-27-25-23-21-19-17-15-13-11-9-7-2/h9,11,15,17,21,23,27,29,55,59H,6-8,10,12-14,16,18-20,22,24-26,28,30-54H2,1-5H3/b11-9-,17-15-,23-21-,29-27-. The van der Waals surface area contributed by atoms with Gasteiger partial charge in [0, 0.05) is 12.8 Å². The number of carboxylic acids is 1. The van der Waals surface area contributed by atoms with Gasteiger partial charge < -0.3 is 33.3 Å². The summed E-state index contributed by atoms with van der Waals surface area (Å²) in [5.41, 5.74) is 0. The number of likely N-dealkylation sites (N-methyl/N-ethyl adjacent to an activating group) is 1. The molecule has 0 aromatic carbocycles. The second kappa shape index (κ2) is 50.6. The van der Waals surface area contributed by atoms with Crippen LogP contribution in [-0.4, -0.2) is 82.3 Å². The zero-order valence-corrected chi connectivity index (χ0v) is 45.0. The van der Waals surface area contributed by atoms with Crippen molar-refractivity contribution in [3.63, 3.8) is 0 Å². The van der Waals surface area contributed by atoms with Gasteiger partial charge in [-0.1, -0.05) is 236 Å². The molecule has 0 rings (SSSR count). The molecule has 0 aromatic rings. The summed E-state index contributed by atoms with van der Waals surface area (Å²) in [5, 5.41) is 11.8. The second-order valence-electron chi connectivity index (χ2n) is 20.2. The lowest BCUT2D eigenvalue weighted by Crippen LogP contribution is -2.44. The fourth-order valence-electron chi connectivity index (χ4n) is 8.00. The number of hydrogen-bond acceptors (Lipinski definition) is 8. The Labute approximate surface area is 419 Å². The van der Waals surface area contributed by atoms with Gasteiger partial charge in [-0.2, -0.15) is 0 Å². The van der Waals surface area contributed by atoms with E-state index in [0.29, 0.717) is 23.9 Å². The third-order valence-electron chi connectivity index (χ3n) is 12.3. The van der Waals surface area contributed by atoms with Crippen LogP contribution in [0, 0.1) is 0 Å². The van der Waals surface area contributed by atoms with Gasteiger partial charge in [-0.3, -0.25) is 9.59 Å². The van der Waals surface area contributed by atoms with Crippen molar-refractivity contribution in [2.24, 2.45) is 0 Å². The Hall–Kier alpha value is -2.75. The molecule has 2 unspecified atom stereocenters. The molecule has 0 aliphatic heterocycles. The molecular formula is C59H107NO8. The molecular weight excluding hydrogens is 851 g/mol. The number of carboxylic acid groups (broad SMARTS) is 1. The molecule has 9 heteroatoms. The van der Waals surface area contributed by atoms with Gasteiger partial charge in [-0.05, 0) is 51.4 Å². The number of quaternary nitrogens is 1.